The highest BCUT2D eigenvalue weighted by Gasteiger charge is 2.55. The number of urea groups is 1. The van der Waals surface area contributed by atoms with Crippen LogP contribution in [0.4, 0.5) is 10.5 Å². The first-order valence-corrected chi connectivity index (χ1v) is 11.0. The van der Waals surface area contributed by atoms with Gasteiger partial charge in [-0.3, -0.25) is 14.5 Å². The van der Waals surface area contributed by atoms with Crippen LogP contribution in [-0.2, 0) is 21.7 Å². The minimum absolute atomic E-state index is 0.293. The van der Waals surface area contributed by atoms with E-state index in [1.807, 2.05) is 36.4 Å². The molecular weight excluding hydrogens is 434 g/mol. The maximum absolute atomic E-state index is 13.3. The van der Waals surface area contributed by atoms with Gasteiger partial charge in [-0.25, -0.2) is 4.79 Å². The summed E-state index contributed by atoms with van der Waals surface area (Å²) in [6.07, 6.45) is 0.303. The smallest absolute Gasteiger partial charge is 0.325 e. The standard InChI is InChI=1S/C26H23N3O5/c30-23(27-19-10-12-20(13-11-19)34-17-18-6-2-1-3-7-18)16-29-24(31)26(28-25(29)32)14-15-33-22-9-5-4-8-21(22)26/h1-13H,14-17H2,(H,27,30)(H,28,32)/t26-/m1/s1. The number of hydrogen-bond donors (Lipinski definition) is 2. The Morgan fingerprint density at radius 2 is 1.74 bits per heavy atom. The number of carbonyl (C=O) groups excluding carboxylic acids is 3. The molecule has 34 heavy (non-hydrogen) atoms. The van der Waals surface area contributed by atoms with E-state index in [2.05, 4.69) is 10.6 Å². The molecule has 1 spiro atoms. The van der Waals surface area contributed by atoms with Crippen molar-refractivity contribution in [3.63, 3.8) is 0 Å². The van der Waals surface area contributed by atoms with Gasteiger partial charge in [0.25, 0.3) is 5.91 Å². The summed E-state index contributed by atoms with van der Waals surface area (Å²) in [7, 11) is 0. The highest BCUT2D eigenvalue weighted by molar-refractivity contribution is 6.10. The van der Waals surface area contributed by atoms with E-state index >= 15 is 0 Å². The Morgan fingerprint density at radius 3 is 2.53 bits per heavy atom. The number of nitrogens with zero attached hydrogens (tertiary/aromatic N) is 1. The van der Waals surface area contributed by atoms with Crippen molar-refractivity contribution in [2.75, 3.05) is 18.5 Å². The van der Waals surface area contributed by atoms with Crippen LogP contribution >= 0.6 is 0 Å². The van der Waals surface area contributed by atoms with Gasteiger partial charge in [0, 0.05) is 17.7 Å². The molecule has 172 valence electrons. The number of benzene rings is 3. The average Bonchev–Trinajstić information content (AvgIpc) is 3.09. The van der Waals surface area contributed by atoms with Crippen LogP contribution < -0.4 is 20.1 Å². The normalized spacial score (nSPS) is 18.8. The lowest BCUT2D eigenvalue weighted by atomic mass is 9.84. The zero-order valence-electron chi connectivity index (χ0n) is 18.3. The fourth-order valence-corrected chi connectivity index (χ4v) is 4.24. The summed E-state index contributed by atoms with van der Waals surface area (Å²) >= 11 is 0. The molecule has 0 saturated carbocycles. The summed E-state index contributed by atoms with van der Waals surface area (Å²) in [4.78, 5) is 39.5. The van der Waals surface area contributed by atoms with E-state index in [1.165, 1.54) is 0 Å². The van der Waals surface area contributed by atoms with Crippen molar-refractivity contribution in [1.82, 2.24) is 10.2 Å². The Labute approximate surface area is 196 Å². The topological polar surface area (TPSA) is 97.0 Å². The van der Waals surface area contributed by atoms with Gasteiger partial charge >= 0.3 is 6.03 Å². The number of ether oxygens (including phenoxy) is 2. The summed E-state index contributed by atoms with van der Waals surface area (Å²) in [5.74, 6) is 0.297. The number of para-hydroxylation sites is 1. The largest absolute Gasteiger partial charge is 0.493 e. The zero-order chi connectivity index (χ0) is 23.5. The third kappa shape index (κ3) is 4.05. The molecule has 0 unspecified atom stereocenters. The maximum Gasteiger partial charge on any atom is 0.325 e. The van der Waals surface area contributed by atoms with Gasteiger partial charge in [0.2, 0.25) is 5.91 Å². The Kier molecular flexibility index (Phi) is 5.63. The van der Waals surface area contributed by atoms with Crippen LogP contribution in [0.3, 0.4) is 0 Å². The molecule has 0 bridgehead atoms. The van der Waals surface area contributed by atoms with Gasteiger partial charge < -0.3 is 20.1 Å². The molecule has 2 aliphatic heterocycles. The van der Waals surface area contributed by atoms with E-state index in [1.54, 1.807) is 42.5 Å². The molecular formula is C26H23N3O5. The van der Waals surface area contributed by atoms with Crippen molar-refractivity contribution in [3.05, 3.63) is 90.0 Å². The van der Waals surface area contributed by atoms with E-state index < -0.39 is 23.4 Å². The molecule has 2 heterocycles. The zero-order valence-corrected chi connectivity index (χ0v) is 18.3. The van der Waals surface area contributed by atoms with Crippen molar-refractivity contribution < 1.29 is 23.9 Å². The Hall–Kier alpha value is -4.33. The summed E-state index contributed by atoms with van der Waals surface area (Å²) in [6.45, 7) is 0.345. The number of anilines is 1. The second-order valence-corrected chi connectivity index (χ2v) is 8.17. The van der Waals surface area contributed by atoms with Crippen molar-refractivity contribution in [1.29, 1.82) is 0 Å². The molecule has 0 aromatic heterocycles. The molecule has 2 aliphatic rings. The van der Waals surface area contributed by atoms with Crippen LogP contribution in [0, 0.1) is 0 Å². The average molecular weight is 457 g/mol. The quantitative estimate of drug-likeness (QED) is 0.553. The highest BCUT2D eigenvalue weighted by Crippen LogP contribution is 2.40. The van der Waals surface area contributed by atoms with Crippen LogP contribution in [0.2, 0.25) is 0 Å². The van der Waals surface area contributed by atoms with Crippen LogP contribution in [-0.4, -0.2) is 35.9 Å². The molecule has 0 aliphatic carbocycles. The van der Waals surface area contributed by atoms with Crippen LogP contribution in [0.1, 0.15) is 17.5 Å². The number of amides is 4. The van der Waals surface area contributed by atoms with E-state index in [-0.39, 0.29) is 6.54 Å². The molecule has 8 nitrogen and oxygen atoms in total. The Morgan fingerprint density at radius 1 is 1.00 bits per heavy atom. The maximum atomic E-state index is 13.3. The van der Waals surface area contributed by atoms with Crippen molar-refractivity contribution in [2.24, 2.45) is 0 Å². The monoisotopic (exact) mass is 457 g/mol. The predicted octanol–water partition coefficient (Wildman–Crippen LogP) is 3.43. The molecule has 4 amide bonds. The van der Waals surface area contributed by atoms with Gasteiger partial charge in [-0.2, -0.15) is 0 Å². The molecule has 1 fully saturated rings. The molecule has 8 heteroatoms. The molecule has 1 saturated heterocycles. The second-order valence-electron chi connectivity index (χ2n) is 8.17. The van der Waals surface area contributed by atoms with Gasteiger partial charge in [0.05, 0.1) is 6.61 Å². The highest BCUT2D eigenvalue weighted by atomic mass is 16.5. The lowest BCUT2D eigenvalue weighted by molar-refractivity contribution is -0.135. The number of fused-ring (bicyclic) bond motifs is 2. The van der Waals surface area contributed by atoms with E-state index in [0.717, 1.165) is 10.5 Å². The van der Waals surface area contributed by atoms with Gasteiger partial charge in [-0.1, -0.05) is 48.5 Å². The van der Waals surface area contributed by atoms with E-state index in [0.29, 0.717) is 42.4 Å². The predicted molar refractivity (Wildman–Crippen MR) is 124 cm³/mol. The summed E-state index contributed by atoms with van der Waals surface area (Å²) in [6, 6.07) is 23.2. The molecule has 3 aromatic rings. The third-order valence-electron chi connectivity index (χ3n) is 5.95. The van der Waals surface area contributed by atoms with Crippen LogP contribution in [0.5, 0.6) is 11.5 Å². The van der Waals surface area contributed by atoms with Gasteiger partial charge in [-0.05, 0) is 35.9 Å². The Bertz CT molecular complexity index is 1230. The number of imide groups is 1. The van der Waals surface area contributed by atoms with E-state index in [4.69, 9.17) is 9.47 Å². The number of rotatable bonds is 6. The SMILES string of the molecule is O=C(CN1C(=O)N[C@@]2(CCOc3ccccc32)C1=O)Nc1ccc(OCc2ccccc2)cc1. The molecule has 1 atom stereocenters. The second kappa shape index (κ2) is 8.90. The van der Waals surface area contributed by atoms with Crippen LogP contribution in [0.25, 0.3) is 0 Å². The molecule has 5 rings (SSSR count). The van der Waals surface area contributed by atoms with Crippen molar-refractivity contribution in [2.45, 2.75) is 18.6 Å². The first kappa shape index (κ1) is 21.5. The van der Waals surface area contributed by atoms with Crippen molar-refractivity contribution >= 4 is 23.5 Å². The number of carbonyl (C=O) groups is 3. The van der Waals surface area contributed by atoms with E-state index in [9.17, 15) is 14.4 Å². The first-order chi connectivity index (χ1) is 16.5. The fourth-order valence-electron chi connectivity index (χ4n) is 4.24. The lowest BCUT2D eigenvalue weighted by Crippen LogP contribution is -2.48. The van der Waals surface area contributed by atoms with Gasteiger partial charge in [-0.15, -0.1) is 0 Å². The van der Waals surface area contributed by atoms with Crippen molar-refractivity contribution in [3.8, 4) is 11.5 Å². The minimum Gasteiger partial charge on any atom is -0.493 e. The summed E-state index contributed by atoms with van der Waals surface area (Å²) < 4.78 is 11.4. The van der Waals surface area contributed by atoms with Gasteiger partial charge in [0.15, 0.2) is 5.54 Å². The number of nitrogens with one attached hydrogen (secondary N) is 2. The number of hydrogen-bond acceptors (Lipinski definition) is 5. The van der Waals surface area contributed by atoms with Gasteiger partial charge in [0.1, 0.15) is 24.7 Å². The first-order valence-electron chi connectivity index (χ1n) is 11.0. The lowest BCUT2D eigenvalue weighted by Gasteiger charge is -2.33. The summed E-state index contributed by atoms with van der Waals surface area (Å²) in [5, 5.41) is 5.52. The van der Waals surface area contributed by atoms with Crippen LogP contribution in [0.15, 0.2) is 78.9 Å². The molecule has 2 N–H and O–H groups in total. The summed E-state index contributed by atoms with van der Waals surface area (Å²) in [5.41, 5.74) is 0.992. The molecule has 0 radical (unpaired) electrons. The molecule has 3 aromatic carbocycles. The Balaban J connectivity index is 1.21. The fraction of sp³-hybridized carbons (Fsp3) is 0.192. The third-order valence-corrected chi connectivity index (χ3v) is 5.95. The minimum atomic E-state index is -1.20.